The maximum Gasteiger partial charge on any atom is 0.328 e. The van der Waals surface area contributed by atoms with Gasteiger partial charge in [-0.05, 0) is 44.4 Å². The molecule has 1 aromatic carbocycles. The number of carbonyl (C=O) groups excluding carboxylic acids is 3. The molecule has 3 amide bonds. The van der Waals surface area contributed by atoms with Gasteiger partial charge in [-0.25, -0.2) is 4.79 Å². The summed E-state index contributed by atoms with van der Waals surface area (Å²) in [6.07, 6.45) is -3.93. The van der Waals surface area contributed by atoms with Gasteiger partial charge in [-0.2, -0.15) is 0 Å². The molecule has 6 atom stereocenters. The van der Waals surface area contributed by atoms with Crippen LogP contribution in [0.5, 0.6) is 5.75 Å². The van der Waals surface area contributed by atoms with Gasteiger partial charge in [0.25, 0.3) is 0 Å². The number of phenolic OH excluding ortho intramolecular Hbond substituents is 1. The summed E-state index contributed by atoms with van der Waals surface area (Å²) < 4.78 is 0. The van der Waals surface area contributed by atoms with Crippen LogP contribution in [0.15, 0.2) is 24.3 Å². The number of rotatable bonds is 14. The summed E-state index contributed by atoms with van der Waals surface area (Å²) in [5, 5.41) is 53.5. The lowest BCUT2D eigenvalue weighted by molar-refractivity contribution is -0.145. The van der Waals surface area contributed by atoms with Gasteiger partial charge < -0.3 is 47.2 Å². The van der Waals surface area contributed by atoms with Crippen LogP contribution in [0, 0.1) is 0 Å². The van der Waals surface area contributed by atoms with E-state index < -0.39 is 78.9 Å². The van der Waals surface area contributed by atoms with Gasteiger partial charge in [0.2, 0.25) is 17.7 Å². The molecule has 0 heterocycles. The van der Waals surface area contributed by atoms with Crippen LogP contribution in [0.1, 0.15) is 32.3 Å². The van der Waals surface area contributed by atoms with E-state index in [9.17, 15) is 39.3 Å². The van der Waals surface area contributed by atoms with Crippen molar-refractivity contribution in [3.63, 3.8) is 0 Å². The Morgan fingerprint density at radius 2 is 1.36 bits per heavy atom. The molecule has 14 nitrogen and oxygen atoms in total. The van der Waals surface area contributed by atoms with Crippen LogP contribution in [0.4, 0.5) is 0 Å². The number of aliphatic hydroxyl groups excluding tert-OH is 2. The fourth-order valence-electron chi connectivity index (χ4n) is 3.08. The molecule has 0 fully saturated rings. The standard InChI is InChI=1S/C22H32N4O10/c1-10(27)17(25-19(32)14(23)9-12-3-5-13(29)6-4-12)21(34)24-15(7-8-16(30)31)20(33)26-18(11(2)28)22(35)36/h3-6,10-11,14-15,17-18,27-29H,7-9,23H2,1-2H3,(H,24,34)(H,25,32)(H,26,33)(H,30,31)(H,35,36). The summed E-state index contributed by atoms with van der Waals surface area (Å²) >= 11 is 0. The van der Waals surface area contributed by atoms with Crippen molar-refractivity contribution >= 4 is 29.7 Å². The van der Waals surface area contributed by atoms with E-state index in [2.05, 4.69) is 10.6 Å². The van der Waals surface area contributed by atoms with Crippen molar-refractivity contribution in [1.82, 2.24) is 16.0 Å². The van der Waals surface area contributed by atoms with E-state index in [4.69, 9.17) is 15.9 Å². The van der Waals surface area contributed by atoms with Crippen LogP contribution in [0.2, 0.25) is 0 Å². The average molecular weight is 513 g/mol. The molecule has 0 aromatic heterocycles. The zero-order chi connectivity index (χ0) is 27.6. The number of benzene rings is 1. The Labute approximate surface area is 206 Å². The fraction of sp³-hybridized carbons (Fsp3) is 0.500. The van der Waals surface area contributed by atoms with Gasteiger partial charge in [0.05, 0.1) is 18.2 Å². The molecule has 0 aliphatic rings. The zero-order valence-electron chi connectivity index (χ0n) is 19.7. The highest BCUT2D eigenvalue weighted by atomic mass is 16.4. The number of carbonyl (C=O) groups is 5. The number of phenols is 1. The maximum atomic E-state index is 12.8. The van der Waals surface area contributed by atoms with Gasteiger partial charge >= 0.3 is 11.9 Å². The smallest absolute Gasteiger partial charge is 0.328 e. The van der Waals surface area contributed by atoms with Crippen molar-refractivity contribution in [2.75, 3.05) is 0 Å². The van der Waals surface area contributed by atoms with Gasteiger partial charge in [0.1, 0.15) is 17.8 Å². The number of amides is 3. The molecule has 14 heteroatoms. The Hall–Kier alpha value is -3.75. The van der Waals surface area contributed by atoms with Gasteiger partial charge in [-0.1, -0.05) is 12.1 Å². The van der Waals surface area contributed by atoms with E-state index in [1.54, 1.807) is 12.1 Å². The van der Waals surface area contributed by atoms with Crippen molar-refractivity contribution in [2.24, 2.45) is 5.73 Å². The molecule has 0 spiro atoms. The highest BCUT2D eigenvalue weighted by molar-refractivity contribution is 5.94. The number of aromatic hydroxyl groups is 1. The molecule has 0 aliphatic heterocycles. The van der Waals surface area contributed by atoms with Gasteiger partial charge in [0.15, 0.2) is 6.04 Å². The number of hydrogen-bond donors (Lipinski definition) is 9. The number of hydrogen-bond acceptors (Lipinski definition) is 9. The molecular formula is C22H32N4O10. The monoisotopic (exact) mass is 512 g/mol. The number of nitrogens with two attached hydrogens (primary N) is 1. The molecule has 1 rings (SSSR count). The van der Waals surface area contributed by atoms with Crippen LogP contribution < -0.4 is 21.7 Å². The normalized spacial score (nSPS) is 15.9. The van der Waals surface area contributed by atoms with Crippen LogP contribution in [0.25, 0.3) is 0 Å². The maximum absolute atomic E-state index is 12.8. The molecule has 10 N–H and O–H groups in total. The highest BCUT2D eigenvalue weighted by Crippen LogP contribution is 2.11. The molecule has 0 saturated heterocycles. The minimum Gasteiger partial charge on any atom is -0.508 e. The molecule has 0 aliphatic carbocycles. The summed E-state index contributed by atoms with van der Waals surface area (Å²) in [5.41, 5.74) is 6.50. The quantitative estimate of drug-likeness (QED) is 0.125. The van der Waals surface area contributed by atoms with Crippen LogP contribution in [0.3, 0.4) is 0 Å². The second-order valence-electron chi connectivity index (χ2n) is 8.26. The van der Waals surface area contributed by atoms with E-state index in [-0.39, 0.29) is 12.2 Å². The molecule has 0 saturated carbocycles. The number of carboxylic acid groups (broad SMARTS) is 2. The largest absolute Gasteiger partial charge is 0.508 e. The molecular weight excluding hydrogens is 480 g/mol. The summed E-state index contributed by atoms with van der Waals surface area (Å²) in [5.74, 6) is -5.78. The molecule has 1 aromatic rings. The van der Waals surface area contributed by atoms with Crippen molar-refractivity contribution in [2.45, 2.75) is 69.5 Å². The van der Waals surface area contributed by atoms with Gasteiger partial charge in [-0.3, -0.25) is 19.2 Å². The number of carboxylic acids is 2. The Bertz CT molecular complexity index is 935. The second-order valence-corrected chi connectivity index (χ2v) is 8.26. The number of aliphatic hydroxyl groups is 2. The zero-order valence-corrected chi connectivity index (χ0v) is 19.7. The topological polar surface area (TPSA) is 249 Å². The van der Waals surface area contributed by atoms with Crippen LogP contribution >= 0.6 is 0 Å². The molecule has 36 heavy (non-hydrogen) atoms. The van der Waals surface area contributed by atoms with Gasteiger partial charge in [-0.15, -0.1) is 0 Å². The van der Waals surface area contributed by atoms with E-state index in [0.717, 1.165) is 6.92 Å². The third-order valence-electron chi connectivity index (χ3n) is 5.12. The second kappa shape index (κ2) is 14.0. The third kappa shape index (κ3) is 9.85. The minimum atomic E-state index is -1.73. The number of nitrogens with one attached hydrogen (secondary N) is 3. The fourth-order valence-corrected chi connectivity index (χ4v) is 3.08. The summed E-state index contributed by atoms with van der Waals surface area (Å²) in [4.78, 5) is 60.2. The van der Waals surface area contributed by atoms with Crippen molar-refractivity contribution < 1.29 is 49.5 Å². The lowest BCUT2D eigenvalue weighted by Crippen LogP contribution is -2.60. The first kappa shape index (κ1) is 30.3. The lowest BCUT2D eigenvalue weighted by Gasteiger charge is -2.26. The summed E-state index contributed by atoms with van der Waals surface area (Å²) in [6, 6.07) is -0.117. The summed E-state index contributed by atoms with van der Waals surface area (Å²) in [7, 11) is 0. The van der Waals surface area contributed by atoms with E-state index in [1.165, 1.54) is 19.1 Å². The van der Waals surface area contributed by atoms with Crippen LogP contribution in [-0.4, -0.2) is 91.6 Å². The lowest BCUT2D eigenvalue weighted by atomic mass is 10.0. The molecule has 200 valence electrons. The number of aliphatic carboxylic acids is 2. The Morgan fingerprint density at radius 1 is 0.833 bits per heavy atom. The van der Waals surface area contributed by atoms with E-state index in [0.29, 0.717) is 5.56 Å². The third-order valence-corrected chi connectivity index (χ3v) is 5.12. The molecule has 0 radical (unpaired) electrons. The summed E-state index contributed by atoms with van der Waals surface area (Å²) in [6.45, 7) is 2.31. The first-order chi connectivity index (χ1) is 16.7. The Kier molecular flexibility index (Phi) is 11.7. The SMILES string of the molecule is CC(O)C(NC(=O)C(CCC(=O)O)NC(=O)C(NC(=O)C(N)Cc1ccc(O)cc1)C(C)O)C(=O)O. The predicted molar refractivity (Wildman–Crippen MR) is 123 cm³/mol. The Morgan fingerprint density at radius 3 is 1.83 bits per heavy atom. The first-order valence-corrected chi connectivity index (χ1v) is 11.0. The van der Waals surface area contributed by atoms with E-state index in [1.807, 2.05) is 5.32 Å². The van der Waals surface area contributed by atoms with Crippen molar-refractivity contribution in [3.8, 4) is 5.75 Å². The highest BCUT2D eigenvalue weighted by Gasteiger charge is 2.33. The van der Waals surface area contributed by atoms with Crippen molar-refractivity contribution in [3.05, 3.63) is 29.8 Å². The van der Waals surface area contributed by atoms with Crippen LogP contribution in [-0.2, 0) is 30.4 Å². The molecule has 0 bridgehead atoms. The Balaban J connectivity index is 2.95. The first-order valence-electron chi connectivity index (χ1n) is 11.0. The molecule has 6 unspecified atom stereocenters. The minimum absolute atomic E-state index is 0.0206. The van der Waals surface area contributed by atoms with E-state index >= 15 is 0 Å². The van der Waals surface area contributed by atoms with Crippen molar-refractivity contribution in [1.29, 1.82) is 0 Å². The predicted octanol–water partition coefficient (Wildman–Crippen LogP) is -2.57. The van der Waals surface area contributed by atoms with Gasteiger partial charge in [0, 0.05) is 6.42 Å². The average Bonchev–Trinajstić information content (AvgIpc) is 2.78.